The summed E-state index contributed by atoms with van der Waals surface area (Å²) in [5, 5.41) is 9.87. The summed E-state index contributed by atoms with van der Waals surface area (Å²) < 4.78 is 0. The van der Waals surface area contributed by atoms with Crippen LogP contribution in [0, 0.1) is 35.5 Å². The molecule has 0 heterocycles. The van der Waals surface area contributed by atoms with Crippen LogP contribution in [0.2, 0.25) is 0 Å². The van der Waals surface area contributed by atoms with Gasteiger partial charge in [0, 0.05) is 0 Å². The van der Waals surface area contributed by atoms with Gasteiger partial charge in [0.2, 0.25) is 0 Å². The second kappa shape index (κ2) is 2.03. The molecule has 3 saturated carbocycles. The third-order valence-corrected chi connectivity index (χ3v) is 5.24. The Balaban J connectivity index is 1.79. The Bertz CT molecular complexity index is 283. The molecule has 4 rings (SSSR count). The van der Waals surface area contributed by atoms with E-state index in [0.29, 0.717) is 5.92 Å². The normalized spacial score (nSPS) is 66.4. The van der Waals surface area contributed by atoms with Gasteiger partial charge in [-0.25, -0.2) is 0 Å². The van der Waals surface area contributed by atoms with Crippen molar-refractivity contribution in [2.45, 2.75) is 25.4 Å². The quantitative estimate of drug-likeness (QED) is 0.441. The Hall–Kier alpha value is -0.300. The first-order valence-electron chi connectivity index (χ1n) is 5.71. The Morgan fingerprint density at radius 3 is 2.54 bits per heavy atom. The van der Waals surface area contributed by atoms with Gasteiger partial charge in [-0.05, 0) is 54.8 Å². The summed E-state index contributed by atoms with van der Waals surface area (Å²) >= 11 is 0. The van der Waals surface area contributed by atoms with Gasteiger partial charge >= 0.3 is 0 Å². The lowest BCUT2D eigenvalue weighted by molar-refractivity contribution is 0.0484. The first-order chi connectivity index (χ1) is 6.34. The zero-order chi connectivity index (χ0) is 8.58. The van der Waals surface area contributed by atoms with Gasteiger partial charge in [-0.3, -0.25) is 0 Å². The van der Waals surface area contributed by atoms with E-state index in [2.05, 4.69) is 12.2 Å². The predicted octanol–water partition coefficient (Wildman–Crippen LogP) is 1.83. The topological polar surface area (TPSA) is 20.2 Å². The molecular weight excluding hydrogens is 160 g/mol. The number of aliphatic hydroxyl groups is 1. The molecule has 1 heteroatoms. The fourth-order valence-corrected chi connectivity index (χ4v) is 4.98. The molecule has 4 aliphatic carbocycles. The molecule has 4 aliphatic rings. The zero-order valence-corrected chi connectivity index (χ0v) is 7.76. The molecule has 1 N–H and O–H groups in total. The average molecular weight is 176 g/mol. The summed E-state index contributed by atoms with van der Waals surface area (Å²) in [6, 6.07) is 0. The van der Waals surface area contributed by atoms with Crippen molar-refractivity contribution in [2.75, 3.05) is 0 Å². The first kappa shape index (κ1) is 7.05. The number of allylic oxidation sites excluding steroid dienone is 2. The van der Waals surface area contributed by atoms with Crippen LogP contribution in [0.5, 0.6) is 0 Å². The van der Waals surface area contributed by atoms with Crippen molar-refractivity contribution in [3.8, 4) is 0 Å². The monoisotopic (exact) mass is 176 g/mol. The van der Waals surface area contributed by atoms with Gasteiger partial charge in [0.1, 0.15) is 0 Å². The van der Waals surface area contributed by atoms with Crippen molar-refractivity contribution in [2.24, 2.45) is 35.5 Å². The zero-order valence-electron chi connectivity index (χ0n) is 7.76. The second-order valence-electron chi connectivity index (χ2n) is 5.57. The fraction of sp³-hybridized carbons (Fsp3) is 0.833. The number of hydrogen-bond acceptors (Lipinski definition) is 1. The summed E-state index contributed by atoms with van der Waals surface area (Å²) in [6.07, 6.45) is 8.81. The number of aliphatic hydroxyl groups excluding tert-OH is 1. The summed E-state index contributed by atoms with van der Waals surface area (Å²) in [5.41, 5.74) is 0. The molecule has 13 heavy (non-hydrogen) atoms. The third kappa shape index (κ3) is 0.665. The molecule has 7 atom stereocenters. The molecule has 3 fully saturated rings. The Morgan fingerprint density at radius 2 is 1.69 bits per heavy atom. The molecule has 0 aromatic carbocycles. The standard InChI is InChI=1S/C12H16O/c13-10-5-8-4-9(10)12-7-2-1-6(3-7)11(8)12/h1-2,6-13H,3-5H2/t6-,7-,8+,9+,10+,11+,12+/m0/s1. The highest BCUT2D eigenvalue weighted by molar-refractivity contribution is 5.20. The molecule has 0 aromatic rings. The van der Waals surface area contributed by atoms with Crippen LogP contribution in [0.3, 0.4) is 0 Å². The van der Waals surface area contributed by atoms with Crippen LogP contribution in [0.25, 0.3) is 0 Å². The maximum absolute atomic E-state index is 9.87. The van der Waals surface area contributed by atoms with Crippen LogP contribution in [0.15, 0.2) is 12.2 Å². The van der Waals surface area contributed by atoms with E-state index in [0.717, 1.165) is 36.0 Å². The third-order valence-electron chi connectivity index (χ3n) is 5.24. The maximum Gasteiger partial charge on any atom is 0.0574 e. The van der Waals surface area contributed by atoms with E-state index in [4.69, 9.17) is 0 Å². The highest BCUT2D eigenvalue weighted by atomic mass is 16.3. The summed E-state index contributed by atoms with van der Waals surface area (Å²) in [5.74, 6) is 5.16. The lowest BCUT2D eigenvalue weighted by Gasteiger charge is -2.34. The highest BCUT2D eigenvalue weighted by Crippen LogP contribution is 2.65. The minimum Gasteiger partial charge on any atom is -0.393 e. The van der Waals surface area contributed by atoms with E-state index >= 15 is 0 Å². The molecular formula is C12H16O. The summed E-state index contributed by atoms with van der Waals surface area (Å²) in [7, 11) is 0. The van der Waals surface area contributed by atoms with Crippen molar-refractivity contribution in [3.05, 3.63) is 12.2 Å². The molecule has 0 radical (unpaired) electrons. The average Bonchev–Trinajstić information content (AvgIpc) is 2.78. The SMILES string of the molecule is O[C@@H]1C[C@H]2C[C@H]1[C@@H]1[C@@H]2[C@H]2C=C[C@H]1C2. The van der Waals surface area contributed by atoms with Crippen LogP contribution in [0.4, 0.5) is 0 Å². The second-order valence-corrected chi connectivity index (χ2v) is 5.57. The summed E-state index contributed by atoms with van der Waals surface area (Å²) in [4.78, 5) is 0. The van der Waals surface area contributed by atoms with Gasteiger partial charge in [0.25, 0.3) is 0 Å². The first-order valence-corrected chi connectivity index (χ1v) is 5.71. The van der Waals surface area contributed by atoms with Crippen molar-refractivity contribution < 1.29 is 5.11 Å². The number of fused-ring (bicyclic) bond motifs is 9. The van der Waals surface area contributed by atoms with Gasteiger partial charge in [0.15, 0.2) is 0 Å². The lowest BCUT2D eigenvalue weighted by atomic mass is 9.72. The van der Waals surface area contributed by atoms with Crippen molar-refractivity contribution in [1.82, 2.24) is 0 Å². The number of rotatable bonds is 0. The van der Waals surface area contributed by atoms with Crippen LogP contribution >= 0.6 is 0 Å². The van der Waals surface area contributed by atoms with Gasteiger partial charge < -0.3 is 5.11 Å². The molecule has 0 spiro atoms. The van der Waals surface area contributed by atoms with E-state index in [1.165, 1.54) is 12.8 Å². The lowest BCUT2D eigenvalue weighted by Crippen LogP contribution is -2.33. The molecule has 4 bridgehead atoms. The van der Waals surface area contributed by atoms with Crippen molar-refractivity contribution in [1.29, 1.82) is 0 Å². The highest BCUT2D eigenvalue weighted by Gasteiger charge is 2.60. The minimum atomic E-state index is 0.0546. The van der Waals surface area contributed by atoms with Crippen LogP contribution in [-0.2, 0) is 0 Å². The van der Waals surface area contributed by atoms with Crippen molar-refractivity contribution >= 4 is 0 Å². The molecule has 0 aromatic heterocycles. The van der Waals surface area contributed by atoms with Gasteiger partial charge in [-0.2, -0.15) is 0 Å². The van der Waals surface area contributed by atoms with E-state index in [1.54, 1.807) is 0 Å². The Kier molecular flexibility index (Phi) is 1.10. The molecule has 0 amide bonds. The Morgan fingerprint density at radius 1 is 0.923 bits per heavy atom. The maximum atomic E-state index is 9.87. The molecule has 0 aliphatic heterocycles. The molecule has 0 saturated heterocycles. The molecule has 70 valence electrons. The number of hydrogen-bond donors (Lipinski definition) is 1. The van der Waals surface area contributed by atoms with Crippen molar-refractivity contribution in [3.63, 3.8) is 0 Å². The van der Waals surface area contributed by atoms with Crippen LogP contribution in [0.1, 0.15) is 19.3 Å². The smallest absolute Gasteiger partial charge is 0.0574 e. The van der Waals surface area contributed by atoms with Crippen LogP contribution < -0.4 is 0 Å². The van der Waals surface area contributed by atoms with E-state index < -0.39 is 0 Å². The van der Waals surface area contributed by atoms with Gasteiger partial charge in [-0.1, -0.05) is 12.2 Å². The van der Waals surface area contributed by atoms with E-state index in [1.807, 2.05) is 0 Å². The van der Waals surface area contributed by atoms with E-state index in [-0.39, 0.29) is 6.10 Å². The molecule has 0 unspecified atom stereocenters. The largest absolute Gasteiger partial charge is 0.393 e. The minimum absolute atomic E-state index is 0.0546. The fourth-order valence-electron chi connectivity index (χ4n) is 4.98. The van der Waals surface area contributed by atoms with Gasteiger partial charge in [-0.15, -0.1) is 0 Å². The summed E-state index contributed by atoms with van der Waals surface area (Å²) in [6.45, 7) is 0. The Labute approximate surface area is 78.8 Å². The molecule has 1 nitrogen and oxygen atoms in total. The van der Waals surface area contributed by atoms with E-state index in [9.17, 15) is 5.11 Å². The van der Waals surface area contributed by atoms with Gasteiger partial charge in [0.05, 0.1) is 6.10 Å². The predicted molar refractivity (Wildman–Crippen MR) is 49.9 cm³/mol. The van der Waals surface area contributed by atoms with Crippen LogP contribution in [-0.4, -0.2) is 11.2 Å².